The van der Waals surface area contributed by atoms with Crippen LogP contribution < -0.4 is 4.74 Å². The van der Waals surface area contributed by atoms with Crippen molar-refractivity contribution in [3.8, 4) is 22.8 Å². The van der Waals surface area contributed by atoms with Crippen molar-refractivity contribution in [2.75, 3.05) is 13.7 Å². The van der Waals surface area contributed by atoms with Gasteiger partial charge in [-0.25, -0.2) is 0 Å². The van der Waals surface area contributed by atoms with Crippen molar-refractivity contribution in [1.82, 2.24) is 4.90 Å². The normalized spacial score (nSPS) is 25.6. The van der Waals surface area contributed by atoms with E-state index >= 15 is 0 Å². The SMILES string of the molecule is COc1ccc(-c2cc(CCCO)c(/C=C3\SC(=S)N(C4CC5CCC4C5)C3=O)o2)c(O)c1. The lowest BCUT2D eigenvalue weighted by molar-refractivity contribution is -0.124. The summed E-state index contributed by atoms with van der Waals surface area (Å²) in [7, 11) is 1.54. The van der Waals surface area contributed by atoms with Crippen LogP contribution in [0.15, 0.2) is 33.6 Å². The number of nitrogens with zero attached hydrogens (tertiary/aromatic N) is 1. The summed E-state index contributed by atoms with van der Waals surface area (Å²) in [5.74, 6) is 2.90. The maximum atomic E-state index is 13.3. The topological polar surface area (TPSA) is 83.1 Å². The Morgan fingerprint density at radius 2 is 2.15 bits per heavy atom. The molecule has 6 nitrogen and oxygen atoms in total. The van der Waals surface area contributed by atoms with Crippen LogP contribution in [0.5, 0.6) is 11.5 Å². The van der Waals surface area contributed by atoms with E-state index in [2.05, 4.69) is 0 Å². The van der Waals surface area contributed by atoms with Gasteiger partial charge in [-0.05, 0) is 67.7 Å². The molecule has 0 spiro atoms. The van der Waals surface area contributed by atoms with Gasteiger partial charge in [-0.15, -0.1) is 0 Å². The molecule has 3 atom stereocenters. The number of thioether (sulfide) groups is 1. The molecule has 2 saturated carbocycles. The Labute approximate surface area is 202 Å². The summed E-state index contributed by atoms with van der Waals surface area (Å²) in [6, 6.07) is 7.11. The fraction of sp³-hybridized carbons (Fsp3) is 0.440. The second-order valence-electron chi connectivity index (χ2n) is 9.00. The van der Waals surface area contributed by atoms with Crippen LogP contribution in [0.1, 0.15) is 43.4 Å². The number of methoxy groups -OCH3 is 1. The summed E-state index contributed by atoms with van der Waals surface area (Å²) in [4.78, 5) is 15.7. The average Bonchev–Trinajstić information content (AvgIpc) is 3.57. The fourth-order valence-electron chi connectivity index (χ4n) is 5.42. The van der Waals surface area contributed by atoms with Crippen molar-refractivity contribution in [3.63, 3.8) is 0 Å². The molecule has 1 saturated heterocycles. The predicted octanol–water partition coefficient (Wildman–Crippen LogP) is 4.98. The molecule has 2 aliphatic carbocycles. The standard InChI is InChI=1S/C25H27NO5S2/c1-30-17-6-7-18(20(28)12-17)22-11-16(3-2-8-27)21(31-22)13-23-24(29)26(25(32)33-23)19-10-14-4-5-15(19)9-14/h6-7,11-15,19,27-28H,2-5,8-10H2,1H3/b23-13-. The first-order valence-corrected chi connectivity index (χ1v) is 12.6. The van der Waals surface area contributed by atoms with Crippen molar-refractivity contribution < 1.29 is 24.2 Å². The van der Waals surface area contributed by atoms with Gasteiger partial charge in [-0.1, -0.05) is 30.4 Å². The number of aryl methyl sites for hydroxylation is 1. The summed E-state index contributed by atoms with van der Waals surface area (Å²) in [5.41, 5.74) is 1.41. The summed E-state index contributed by atoms with van der Waals surface area (Å²) in [5, 5.41) is 19.8. The largest absolute Gasteiger partial charge is 0.507 e. The number of hydrogen-bond acceptors (Lipinski definition) is 7. The number of furan rings is 1. The van der Waals surface area contributed by atoms with Gasteiger partial charge in [-0.3, -0.25) is 9.69 Å². The molecule has 174 valence electrons. The number of aromatic hydroxyl groups is 1. The number of aliphatic hydroxyl groups excluding tert-OH is 1. The molecule has 33 heavy (non-hydrogen) atoms. The monoisotopic (exact) mass is 485 g/mol. The highest BCUT2D eigenvalue weighted by atomic mass is 32.2. The van der Waals surface area contributed by atoms with Gasteiger partial charge >= 0.3 is 0 Å². The minimum Gasteiger partial charge on any atom is -0.507 e. The zero-order chi connectivity index (χ0) is 23.1. The van der Waals surface area contributed by atoms with Crippen molar-refractivity contribution in [2.24, 2.45) is 11.8 Å². The van der Waals surface area contributed by atoms with E-state index in [-0.39, 0.29) is 24.3 Å². The second kappa shape index (κ2) is 9.16. The van der Waals surface area contributed by atoms with Crippen molar-refractivity contribution in [3.05, 3.63) is 40.5 Å². The van der Waals surface area contributed by atoms with Gasteiger partial charge in [0.1, 0.15) is 27.3 Å². The Morgan fingerprint density at radius 1 is 1.30 bits per heavy atom. The van der Waals surface area contributed by atoms with Crippen LogP contribution in [0.2, 0.25) is 0 Å². The van der Waals surface area contributed by atoms with E-state index in [1.807, 2.05) is 11.0 Å². The van der Waals surface area contributed by atoms with Crippen LogP contribution in [-0.4, -0.2) is 45.1 Å². The van der Waals surface area contributed by atoms with Crippen LogP contribution in [0.3, 0.4) is 0 Å². The summed E-state index contributed by atoms with van der Waals surface area (Å²) in [6.45, 7) is 0.0556. The van der Waals surface area contributed by atoms with Gasteiger partial charge in [-0.2, -0.15) is 0 Å². The Bertz CT molecular complexity index is 1120. The Balaban J connectivity index is 1.45. The van der Waals surface area contributed by atoms with Crippen LogP contribution in [0.4, 0.5) is 0 Å². The van der Waals surface area contributed by atoms with Crippen LogP contribution in [0, 0.1) is 11.8 Å². The number of thiocarbonyl (C=S) groups is 1. The van der Waals surface area contributed by atoms with E-state index in [4.69, 9.17) is 21.4 Å². The molecule has 2 bridgehead atoms. The number of benzene rings is 1. The summed E-state index contributed by atoms with van der Waals surface area (Å²) < 4.78 is 11.9. The second-order valence-corrected chi connectivity index (χ2v) is 10.7. The minimum atomic E-state index is -0.0408. The van der Waals surface area contributed by atoms with E-state index < -0.39 is 0 Å². The number of carbonyl (C=O) groups is 1. The number of ether oxygens (including phenoxy) is 1. The third-order valence-electron chi connectivity index (χ3n) is 7.03. The van der Waals surface area contributed by atoms with E-state index in [9.17, 15) is 15.0 Å². The van der Waals surface area contributed by atoms with E-state index in [1.165, 1.54) is 37.1 Å². The van der Waals surface area contributed by atoms with Gasteiger partial charge in [0.15, 0.2) is 0 Å². The predicted molar refractivity (Wildman–Crippen MR) is 132 cm³/mol. The average molecular weight is 486 g/mol. The summed E-state index contributed by atoms with van der Waals surface area (Å²) >= 11 is 6.94. The highest BCUT2D eigenvalue weighted by Gasteiger charge is 2.48. The number of amides is 1. The molecule has 1 aromatic heterocycles. The Hall–Kier alpha value is -2.29. The van der Waals surface area contributed by atoms with Crippen LogP contribution in [-0.2, 0) is 11.2 Å². The fourth-order valence-corrected chi connectivity index (χ4v) is 6.77. The smallest absolute Gasteiger partial charge is 0.266 e. The van der Waals surface area contributed by atoms with Gasteiger partial charge < -0.3 is 19.4 Å². The summed E-state index contributed by atoms with van der Waals surface area (Å²) in [6.07, 6.45) is 7.64. The molecule has 3 unspecified atom stereocenters. The zero-order valence-corrected chi connectivity index (χ0v) is 20.1. The maximum absolute atomic E-state index is 13.3. The Morgan fingerprint density at radius 3 is 2.82 bits per heavy atom. The van der Waals surface area contributed by atoms with Crippen LogP contribution in [0.25, 0.3) is 17.4 Å². The molecule has 8 heteroatoms. The molecular weight excluding hydrogens is 458 g/mol. The third-order valence-corrected chi connectivity index (χ3v) is 8.36. The number of fused-ring (bicyclic) bond motifs is 2. The van der Waals surface area contributed by atoms with Crippen molar-refractivity contribution in [2.45, 2.75) is 44.6 Å². The minimum absolute atomic E-state index is 0.0408. The highest BCUT2D eigenvalue weighted by molar-refractivity contribution is 8.26. The highest BCUT2D eigenvalue weighted by Crippen LogP contribution is 2.49. The number of aliphatic hydroxyl groups is 1. The molecule has 3 aliphatic rings. The quantitative estimate of drug-likeness (QED) is 0.423. The maximum Gasteiger partial charge on any atom is 0.266 e. The number of phenols is 1. The molecule has 2 heterocycles. The molecule has 3 fully saturated rings. The lowest BCUT2D eigenvalue weighted by Crippen LogP contribution is -2.41. The van der Waals surface area contributed by atoms with E-state index in [1.54, 1.807) is 25.3 Å². The Kier molecular flexibility index (Phi) is 6.24. The van der Waals surface area contributed by atoms with Gasteiger partial charge in [0.25, 0.3) is 5.91 Å². The van der Waals surface area contributed by atoms with Crippen molar-refractivity contribution in [1.29, 1.82) is 0 Å². The van der Waals surface area contributed by atoms with Crippen LogP contribution >= 0.6 is 24.0 Å². The van der Waals surface area contributed by atoms with Gasteiger partial charge in [0.05, 0.1) is 17.6 Å². The molecule has 0 radical (unpaired) electrons. The lowest BCUT2D eigenvalue weighted by atomic mass is 9.94. The molecule has 2 N–H and O–H groups in total. The first kappa shape index (κ1) is 22.5. The number of carbonyl (C=O) groups excluding carboxylic acids is 1. The molecular formula is C25H27NO5S2. The first-order chi connectivity index (χ1) is 16.0. The zero-order valence-electron chi connectivity index (χ0n) is 18.5. The molecule has 1 amide bonds. The molecule has 1 aliphatic heterocycles. The van der Waals surface area contributed by atoms with Gasteiger partial charge in [0.2, 0.25) is 0 Å². The van der Waals surface area contributed by atoms with E-state index in [0.717, 1.165) is 17.9 Å². The number of rotatable bonds is 7. The lowest BCUT2D eigenvalue weighted by Gasteiger charge is -2.30. The van der Waals surface area contributed by atoms with Crippen molar-refractivity contribution >= 4 is 40.3 Å². The first-order valence-electron chi connectivity index (χ1n) is 11.4. The van der Waals surface area contributed by atoms with E-state index in [0.29, 0.717) is 50.8 Å². The number of hydrogen-bond donors (Lipinski definition) is 2. The number of phenolic OH excluding ortho intramolecular Hbond substituents is 1. The van der Waals surface area contributed by atoms with Gasteiger partial charge in [0, 0.05) is 24.8 Å². The third kappa shape index (κ3) is 4.20. The molecule has 2 aromatic rings. The molecule has 1 aromatic carbocycles. The molecule has 5 rings (SSSR count).